The van der Waals surface area contributed by atoms with Crippen LogP contribution in [0, 0.1) is 6.92 Å². The van der Waals surface area contributed by atoms with Gasteiger partial charge in [-0.25, -0.2) is 9.78 Å². The molecule has 0 fully saturated rings. The van der Waals surface area contributed by atoms with Gasteiger partial charge in [-0.3, -0.25) is 0 Å². The Hall–Kier alpha value is -3.07. The van der Waals surface area contributed by atoms with Gasteiger partial charge in [0.15, 0.2) is 11.7 Å². The Morgan fingerprint density at radius 1 is 1.21 bits per heavy atom. The van der Waals surface area contributed by atoms with E-state index in [4.69, 9.17) is 9.84 Å². The van der Waals surface area contributed by atoms with Gasteiger partial charge < -0.3 is 15.2 Å². The predicted molar refractivity (Wildman–Crippen MR) is 100 cm³/mol. The molecule has 0 saturated heterocycles. The van der Waals surface area contributed by atoms with Crippen molar-refractivity contribution in [3.05, 3.63) is 59.0 Å². The lowest BCUT2D eigenvalue weighted by molar-refractivity contribution is -0.139. The number of alkyl halides is 3. The molecule has 2 N–H and O–H groups in total. The number of ether oxygens (including phenoxy) is 1. The van der Waals surface area contributed by atoms with Crippen LogP contribution in [0.3, 0.4) is 0 Å². The molecule has 1 heterocycles. The van der Waals surface area contributed by atoms with Gasteiger partial charge in [-0.15, -0.1) is 11.3 Å². The van der Waals surface area contributed by atoms with Gasteiger partial charge >= 0.3 is 12.1 Å². The number of nitrogens with zero attached hydrogens (tertiary/aromatic N) is 1. The number of benzene rings is 2. The van der Waals surface area contributed by atoms with E-state index in [1.807, 2.05) is 6.92 Å². The van der Waals surface area contributed by atoms with Gasteiger partial charge in [-0.05, 0) is 49.4 Å². The van der Waals surface area contributed by atoms with Crippen LogP contribution in [-0.2, 0) is 11.0 Å². The number of hydrogen-bond donors (Lipinski definition) is 2. The van der Waals surface area contributed by atoms with Crippen molar-refractivity contribution >= 4 is 28.1 Å². The Balaban J connectivity index is 1.77. The molecule has 0 unspecified atom stereocenters. The van der Waals surface area contributed by atoms with Crippen LogP contribution in [0.2, 0.25) is 0 Å². The molecule has 0 aliphatic carbocycles. The number of anilines is 2. The second-order valence-electron chi connectivity index (χ2n) is 5.83. The van der Waals surface area contributed by atoms with Crippen molar-refractivity contribution in [1.82, 2.24) is 4.98 Å². The second kappa shape index (κ2) is 7.89. The minimum Gasteiger partial charge on any atom is -0.482 e. The quantitative estimate of drug-likeness (QED) is 0.576. The molecule has 146 valence electrons. The van der Waals surface area contributed by atoms with Gasteiger partial charge in [0, 0.05) is 16.1 Å². The summed E-state index contributed by atoms with van der Waals surface area (Å²) in [5, 5.41) is 12.0. The van der Waals surface area contributed by atoms with Crippen LogP contribution in [0.15, 0.2) is 48.5 Å². The molecule has 0 atom stereocenters. The molecule has 0 spiro atoms. The highest BCUT2D eigenvalue weighted by molar-refractivity contribution is 7.16. The van der Waals surface area contributed by atoms with Crippen molar-refractivity contribution in [2.45, 2.75) is 13.1 Å². The lowest BCUT2D eigenvalue weighted by atomic mass is 10.1. The summed E-state index contributed by atoms with van der Waals surface area (Å²) < 4.78 is 43.6. The monoisotopic (exact) mass is 408 g/mol. The Morgan fingerprint density at radius 2 is 1.93 bits per heavy atom. The Kier molecular flexibility index (Phi) is 5.55. The summed E-state index contributed by atoms with van der Waals surface area (Å²) in [4.78, 5) is 15.9. The summed E-state index contributed by atoms with van der Waals surface area (Å²) in [6.07, 6.45) is -4.41. The number of aliphatic carboxylic acids is 1. The first kappa shape index (κ1) is 19.7. The number of rotatable bonds is 6. The molecule has 0 aliphatic heterocycles. The lowest BCUT2D eigenvalue weighted by Gasteiger charge is -2.09. The lowest BCUT2D eigenvalue weighted by Crippen LogP contribution is -2.09. The molecule has 9 heteroatoms. The first-order chi connectivity index (χ1) is 13.2. The molecule has 5 nitrogen and oxygen atoms in total. The number of aryl methyl sites for hydroxylation is 1. The van der Waals surface area contributed by atoms with E-state index >= 15 is 0 Å². The summed E-state index contributed by atoms with van der Waals surface area (Å²) in [7, 11) is 0. The molecular formula is C19H15F3N2O3S. The fraction of sp³-hybridized carbons (Fsp3) is 0.158. The predicted octanol–water partition coefficient (Wildman–Crippen LogP) is 5.34. The fourth-order valence-corrected chi connectivity index (χ4v) is 3.32. The third kappa shape index (κ3) is 4.80. The van der Waals surface area contributed by atoms with Crippen molar-refractivity contribution in [3.63, 3.8) is 0 Å². The van der Waals surface area contributed by atoms with Crippen LogP contribution in [0.1, 0.15) is 10.4 Å². The maximum Gasteiger partial charge on any atom is 0.416 e. The zero-order chi connectivity index (χ0) is 20.3. The largest absolute Gasteiger partial charge is 0.482 e. The van der Waals surface area contributed by atoms with Crippen molar-refractivity contribution in [2.75, 3.05) is 11.9 Å². The van der Waals surface area contributed by atoms with Crippen molar-refractivity contribution in [3.8, 4) is 17.0 Å². The van der Waals surface area contributed by atoms with E-state index in [0.29, 0.717) is 22.3 Å². The Labute approximate surface area is 162 Å². The molecule has 0 aliphatic rings. The number of aromatic nitrogens is 1. The highest BCUT2D eigenvalue weighted by Gasteiger charge is 2.30. The van der Waals surface area contributed by atoms with Gasteiger partial charge in [0.1, 0.15) is 5.75 Å². The summed E-state index contributed by atoms with van der Waals surface area (Å²) in [6, 6.07) is 11.7. The summed E-state index contributed by atoms with van der Waals surface area (Å²) in [5.74, 6) is -0.647. The minimum absolute atomic E-state index is 0.299. The minimum atomic E-state index is -4.41. The van der Waals surface area contributed by atoms with Gasteiger partial charge in [0.25, 0.3) is 0 Å². The first-order valence-electron chi connectivity index (χ1n) is 8.09. The topological polar surface area (TPSA) is 71.5 Å². The van der Waals surface area contributed by atoms with Crippen LogP contribution in [0.5, 0.6) is 5.75 Å². The highest BCUT2D eigenvalue weighted by Crippen LogP contribution is 2.35. The van der Waals surface area contributed by atoms with E-state index in [1.165, 1.54) is 17.4 Å². The number of halogens is 3. The maximum absolute atomic E-state index is 12.8. The third-order valence-corrected chi connectivity index (χ3v) is 4.61. The van der Waals surface area contributed by atoms with Crippen molar-refractivity contribution in [1.29, 1.82) is 0 Å². The van der Waals surface area contributed by atoms with Gasteiger partial charge in [0.2, 0.25) is 0 Å². The van der Waals surface area contributed by atoms with Gasteiger partial charge in [-0.2, -0.15) is 13.2 Å². The Morgan fingerprint density at radius 3 is 2.57 bits per heavy atom. The molecule has 28 heavy (non-hydrogen) atoms. The molecular weight excluding hydrogens is 393 g/mol. The highest BCUT2D eigenvalue weighted by atomic mass is 32.1. The first-order valence-corrected chi connectivity index (χ1v) is 8.91. The van der Waals surface area contributed by atoms with Gasteiger partial charge in [-0.1, -0.05) is 6.07 Å². The van der Waals surface area contributed by atoms with Crippen LogP contribution >= 0.6 is 11.3 Å². The number of carboxylic acid groups (broad SMARTS) is 1. The number of hydrogen-bond acceptors (Lipinski definition) is 5. The normalized spacial score (nSPS) is 11.3. The number of nitrogens with one attached hydrogen (secondary N) is 1. The van der Waals surface area contributed by atoms with E-state index in [2.05, 4.69) is 10.3 Å². The molecule has 0 saturated carbocycles. The average molecular weight is 408 g/mol. The SMILES string of the molecule is Cc1sc(Nc2cccc(C(F)(F)F)c2)nc1-c1ccc(OCC(=O)O)cc1. The number of thiazole rings is 1. The van der Waals surface area contributed by atoms with E-state index < -0.39 is 24.3 Å². The molecule has 3 rings (SSSR count). The average Bonchev–Trinajstić information content (AvgIpc) is 3.00. The second-order valence-corrected chi connectivity index (χ2v) is 7.04. The van der Waals surface area contributed by atoms with E-state index in [0.717, 1.165) is 22.6 Å². The summed E-state index contributed by atoms with van der Waals surface area (Å²) in [6.45, 7) is 1.43. The molecule has 0 radical (unpaired) electrons. The number of carboxylic acids is 1. The molecule has 2 aromatic carbocycles. The zero-order valence-corrected chi connectivity index (χ0v) is 15.4. The number of carbonyl (C=O) groups is 1. The van der Waals surface area contributed by atoms with Crippen LogP contribution < -0.4 is 10.1 Å². The van der Waals surface area contributed by atoms with E-state index in [1.54, 1.807) is 30.3 Å². The maximum atomic E-state index is 12.8. The van der Waals surface area contributed by atoms with Crippen LogP contribution in [0.4, 0.5) is 24.0 Å². The standard InChI is InChI=1S/C19H15F3N2O3S/c1-11-17(12-5-7-15(8-6-12)27-10-16(25)26)24-18(28-11)23-14-4-2-3-13(9-14)19(20,21)22/h2-9H,10H2,1H3,(H,23,24)(H,25,26). The fourth-order valence-electron chi connectivity index (χ4n) is 2.47. The zero-order valence-electron chi connectivity index (χ0n) is 14.6. The van der Waals surface area contributed by atoms with Crippen molar-refractivity contribution < 1.29 is 27.8 Å². The van der Waals surface area contributed by atoms with Gasteiger partial charge in [0.05, 0.1) is 11.3 Å². The van der Waals surface area contributed by atoms with Crippen LogP contribution in [0.25, 0.3) is 11.3 Å². The Bertz CT molecular complexity index is 985. The summed E-state index contributed by atoms with van der Waals surface area (Å²) >= 11 is 1.32. The van der Waals surface area contributed by atoms with E-state index in [-0.39, 0.29) is 0 Å². The van der Waals surface area contributed by atoms with Crippen LogP contribution in [-0.4, -0.2) is 22.7 Å². The van der Waals surface area contributed by atoms with Crippen molar-refractivity contribution in [2.24, 2.45) is 0 Å². The molecule has 0 amide bonds. The summed E-state index contributed by atoms with van der Waals surface area (Å²) in [5.41, 5.74) is 1.04. The smallest absolute Gasteiger partial charge is 0.416 e. The molecule has 3 aromatic rings. The third-order valence-electron chi connectivity index (χ3n) is 3.73. The van der Waals surface area contributed by atoms with E-state index in [9.17, 15) is 18.0 Å². The molecule has 0 bridgehead atoms. The molecule has 1 aromatic heterocycles.